The van der Waals surface area contributed by atoms with Crippen molar-refractivity contribution in [1.29, 1.82) is 0 Å². The van der Waals surface area contributed by atoms with Gasteiger partial charge >= 0.3 is 6.09 Å². The van der Waals surface area contributed by atoms with Crippen molar-refractivity contribution >= 4 is 12.1 Å². The fraction of sp³-hybridized carbons (Fsp3) is 0.500. The Morgan fingerprint density at radius 3 is 2.48 bits per heavy atom. The summed E-state index contributed by atoms with van der Waals surface area (Å²) in [6.07, 6.45) is 1.83. The van der Waals surface area contributed by atoms with Crippen LogP contribution in [0.15, 0.2) is 30.3 Å². The van der Waals surface area contributed by atoms with Gasteiger partial charge in [0.05, 0.1) is 0 Å². The Bertz CT molecular complexity index is 534. The molecule has 0 aromatic heterocycles. The Kier molecular flexibility index (Phi) is 3.57. The lowest BCUT2D eigenvalue weighted by atomic mass is 9.91. The fourth-order valence-electron chi connectivity index (χ4n) is 3.18. The number of ether oxygens (including phenoxy) is 1. The van der Waals surface area contributed by atoms with E-state index in [4.69, 9.17) is 4.74 Å². The van der Waals surface area contributed by atoms with Crippen LogP contribution in [0.4, 0.5) is 4.79 Å². The minimum absolute atomic E-state index is 0.116. The summed E-state index contributed by atoms with van der Waals surface area (Å²) in [7, 11) is 0. The first-order valence-corrected chi connectivity index (χ1v) is 7.27. The highest BCUT2D eigenvalue weighted by atomic mass is 16.6. The minimum atomic E-state index is -0.949. The van der Waals surface area contributed by atoms with E-state index < -0.39 is 5.97 Å². The molecule has 2 fully saturated rings. The van der Waals surface area contributed by atoms with Crippen molar-refractivity contribution in [2.45, 2.75) is 25.9 Å². The molecule has 1 atom stereocenters. The second kappa shape index (κ2) is 5.39. The van der Waals surface area contributed by atoms with E-state index in [0.717, 1.165) is 18.4 Å². The molecule has 5 nitrogen and oxygen atoms in total. The lowest BCUT2D eigenvalue weighted by molar-refractivity contribution is -0.309. The van der Waals surface area contributed by atoms with Crippen LogP contribution in [0.3, 0.4) is 0 Å². The summed E-state index contributed by atoms with van der Waals surface area (Å²) < 4.78 is 5.29. The molecule has 3 rings (SSSR count). The van der Waals surface area contributed by atoms with Crippen LogP contribution in [0.25, 0.3) is 0 Å². The number of hydrogen-bond donors (Lipinski definition) is 0. The maximum Gasteiger partial charge on any atom is 0.410 e. The molecule has 1 aromatic rings. The van der Waals surface area contributed by atoms with Gasteiger partial charge in [0.25, 0.3) is 0 Å². The number of hydrogen-bond acceptors (Lipinski definition) is 4. The summed E-state index contributed by atoms with van der Waals surface area (Å²) >= 11 is 0. The smallest absolute Gasteiger partial charge is 0.410 e. The molecule has 1 aliphatic carbocycles. The molecule has 1 saturated heterocycles. The van der Waals surface area contributed by atoms with Crippen molar-refractivity contribution in [3.8, 4) is 0 Å². The maximum absolute atomic E-state index is 12.0. The number of carboxylic acids is 1. The quantitative estimate of drug-likeness (QED) is 0.837. The first-order valence-electron chi connectivity index (χ1n) is 7.27. The molecule has 2 aliphatic rings. The normalized spacial score (nSPS) is 22.9. The van der Waals surface area contributed by atoms with Crippen molar-refractivity contribution < 1.29 is 19.4 Å². The zero-order chi connectivity index (χ0) is 14.9. The molecular formula is C16H18NO4-. The Balaban J connectivity index is 1.46. The average molecular weight is 288 g/mol. The van der Waals surface area contributed by atoms with E-state index in [1.165, 1.54) is 0 Å². The van der Waals surface area contributed by atoms with E-state index >= 15 is 0 Å². The molecule has 0 N–H and O–H groups in total. The number of benzene rings is 1. The number of carbonyl (C=O) groups is 2. The van der Waals surface area contributed by atoms with Crippen molar-refractivity contribution in [2.24, 2.45) is 11.3 Å². The van der Waals surface area contributed by atoms with Crippen LogP contribution in [-0.2, 0) is 16.1 Å². The lowest BCUT2D eigenvalue weighted by Crippen LogP contribution is -2.41. The van der Waals surface area contributed by atoms with Gasteiger partial charge in [-0.1, -0.05) is 30.3 Å². The fourth-order valence-corrected chi connectivity index (χ4v) is 3.18. The zero-order valence-electron chi connectivity index (χ0n) is 11.8. The molecule has 0 bridgehead atoms. The van der Waals surface area contributed by atoms with Gasteiger partial charge in [0.1, 0.15) is 6.61 Å². The summed E-state index contributed by atoms with van der Waals surface area (Å²) in [5, 5.41) is 10.9. The molecule has 5 heteroatoms. The van der Waals surface area contributed by atoms with Gasteiger partial charge in [-0.25, -0.2) is 4.79 Å². The summed E-state index contributed by atoms with van der Waals surface area (Å²) in [6.45, 7) is 1.40. The second-order valence-electron chi connectivity index (χ2n) is 5.97. The number of amides is 1. The van der Waals surface area contributed by atoms with Gasteiger partial charge in [-0.2, -0.15) is 0 Å². The predicted molar refractivity (Wildman–Crippen MR) is 73.0 cm³/mol. The number of carbonyl (C=O) groups excluding carboxylic acids is 2. The van der Waals surface area contributed by atoms with Crippen molar-refractivity contribution in [2.75, 3.05) is 13.1 Å². The van der Waals surface area contributed by atoms with E-state index in [-0.39, 0.29) is 24.0 Å². The summed E-state index contributed by atoms with van der Waals surface area (Å²) in [6, 6.07) is 9.54. The first-order chi connectivity index (χ1) is 10.1. The molecule has 1 aliphatic heterocycles. The molecule has 21 heavy (non-hydrogen) atoms. The number of aliphatic carboxylic acids is 1. The summed E-state index contributed by atoms with van der Waals surface area (Å²) in [4.78, 5) is 24.6. The Hall–Kier alpha value is -2.04. The van der Waals surface area contributed by atoms with Gasteiger partial charge in [-0.05, 0) is 30.2 Å². The molecule has 1 heterocycles. The highest BCUT2D eigenvalue weighted by Gasteiger charge is 2.55. The molecule has 112 valence electrons. The molecule has 1 spiro atoms. The van der Waals surface area contributed by atoms with Crippen LogP contribution >= 0.6 is 0 Å². The van der Waals surface area contributed by atoms with Crippen LogP contribution in [0.2, 0.25) is 0 Å². The molecule has 1 aromatic carbocycles. The molecular weight excluding hydrogens is 270 g/mol. The van der Waals surface area contributed by atoms with E-state index in [9.17, 15) is 14.7 Å². The number of rotatable bonds is 3. The monoisotopic (exact) mass is 288 g/mol. The van der Waals surface area contributed by atoms with Crippen LogP contribution < -0.4 is 5.11 Å². The lowest BCUT2D eigenvalue weighted by Gasteiger charge is -2.32. The Morgan fingerprint density at radius 1 is 1.24 bits per heavy atom. The van der Waals surface area contributed by atoms with Crippen LogP contribution in [0, 0.1) is 11.3 Å². The Labute approximate surface area is 123 Å². The predicted octanol–water partition coefficient (Wildman–Crippen LogP) is 1.18. The molecule has 1 unspecified atom stereocenters. The van der Waals surface area contributed by atoms with Gasteiger partial charge in [0.15, 0.2) is 0 Å². The third-order valence-corrected chi connectivity index (χ3v) is 4.70. The highest BCUT2D eigenvalue weighted by molar-refractivity contribution is 5.73. The third kappa shape index (κ3) is 2.86. The zero-order valence-corrected chi connectivity index (χ0v) is 11.8. The van der Waals surface area contributed by atoms with Crippen LogP contribution in [0.1, 0.15) is 24.8 Å². The number of likely N-dealkylation sites (tertiary alicyclic amines) is 1. The SMILES string of the molecule is O=C([O-])C1CC12CCN(C(=O)OCc1ccccc1)CC2. The highest BCUT2D eigenvalue weighted by Crippen LogP contribution is 2.59. The topological polar surface area (TPSA) is 69.7 Å². The van der Waals surface area contributed by atoms with E-state index in [1.807, 2.05) is 30.3 Å². The average Bonchev–Trinajstić information content (AvgIpc) is 3.21. The van der Waals surface area contributed by atoms with Gasteiger partial charge in [0, 0.05) is 25.0 Å². The largest absolute Gasteiger partial charge is 0.550 e. The minimum Gasteiger partial charge on any atom is -0.550 e. The van der Waals surface area contributed by atoms with Crippen molar-refractivity contribution in [3.63, 3.8) is 0 Å². The third-order valence-electron chi connectivity index (χ3n) is 4.70. The van der Waals surface area contributed by atoms with E-state index in [0.29, 0.717) is 19.5 Å². The van der Waals surface area contributed by atoms with Gasteiger partial charge < -0.3 is 19.5 Å². The molecule has 1 amide bonds. The Morgan fingerprint density at radius 2 is 1.90 bits per heavy atom. The van der Waals surface area contributed by atoms with Gasteiger partial charge in [0.2, 0.25) is 0 Å². The maximum atomic E-state index is 12.0. The van der Waals surface area contributed by atoms with Gasteiger partial charge in [-0.15, -0.1) is 0 Å². The number of carboxylic acid groups (broad SMARTS) is 1. The second-order valence-corrected chi connectivity index (χ2v) is 5.97. The van der Waals surface area contributed by atoms with E-state index in [2.05, 4.69) is 0 Å². The summed E-state index contributed by atoms with van der Waals surface area (Å²) in [5.74, 6) is -1.27. The van der Waals surface area contributed by atoms with Crippen LogP contribution in [-0.4, -0.2) is 30.1 Å². The molecule has 0 radical (unpaired) electrons. The number of piperidine rings is 1. The van der Waals surface area contributed by atoms with Crippen molar-refractivity contribution in [3.05, 3.63) is 35.9 Å². The van der Waals surface area contributed by atoms with Crippen molar-refractivity contribution in [1.82, 2.24) is 4.90 Å². The standard InChI is InChI=1S/C16H19NO4/c18-14(19)13-10-16(13)6-8-17(9-7-16)15(20)21-11-12-4-2-1-3-5-12/h1-5,13H,6-11H2,(H,18,19)/p-1. The van der Waals surface area contributed by atoms with Gasteiger partial charge in [-0.3, -0.25) is 0 Å². The van der Waals surface area contributed by atoms with E-state index in [1.54, 1.807) is 4.90 Å². The molecule has 1 saturated carbocycles. The summed E-state index contributed by atoms with van der Waals surface area (Å²) in [5.41, 5.74) is 0.841. The first kappa shape index (κ1) is 13.9. The van der Waals surface area contributed by atoms with Crippen LogP contribution in [0.5, 0.6) is 0 Å². The number of nitrogens with zero attached hydrogens (tertiary/aromatic N) is 1.